The molecule has 1 saturated heterocycles. The summed E-state index contributed by atoms with van der Waals surface area (Å²) >= 11 is 5.98. The van der Waals surface area contributed by atoms with E-state index in [0.717, 1.165) is 24.7 Å². The first-order valence-corrected chi connectivity index (χ1v) is 12.7. The monoisotopic (exact) mass is 521 g/mol. The minimum absolute atomic E-state index is 0.0328. The Bertz CT molecular complexity index is 1310. The van der Waals surface area contributed by atoms with Crippen LogP contribution in [0.5, 0.6) is 5.75 Å². The molecule has 184 valence electrons. The zero-order valence-electron chi connectivity index (χ0n) is 18.4. The van der Waals surface area contributed by atoms with Crippen LogP contribution >= 0.6 is 11.6 Å². The number of halogens is 3. The highest BCUT2D eigenvalue weighted by Crippen LogP contribution is 2.32. The van der Waals surface area contributed by atoms with Crippen molar-refractivity contribution in [3.63, 3.8) is 0 Å². The Morgan fingerprint density at radius 2 is 1.94 bits per heavy atom. The van der Waals surface area contributed by atoms with Gasteiger partial charge in [-0.25, -0.2) is 21.9 Å². The van der Waals surface area contributed by atoms with E-state index in [9.17, 15) is 22.0 Å². The fraction of sp³-hybridized carbons (Fsp3) is 0.250. The van der Waals surface area contributed by atoms with E-state index in [4.69, 9.17) is 16.3 Å². The Hall–Kier alpha value is -3.08. The number of amides is 1. The third-order valence-electron chi connectivity index (χ3n) is 5.79. The summed E-state index contributed by atoms with van der Waals surface area (Å²) in [5, 5.41) is 3.90. The molecule has 1 fully saturated rings. The lowest BCUT2D eigenvalue weighted by atomic mass is 9.81. The maximum atomic E-state index is 14.7. The van der Waals surface area contributed by atoms with Crippen LogP contribution in [0.25, 0.3) is 0 Å². The van der Waals surface area contributed by atoms with Crippen molar-refractivity contribution in [2.75, 3.05) is 19.7 Å². The van der Waals surface area contributed by atoms with E-state index in [2.05, 4.69) is 10.3 Å². The van der Waals surface area contributed by atoms with E-state index in [1.165, 1.54) is 18.3 Å². The fourth-order valence-corrected chi connectivity index (χ4v) is 5.18. The third kappa shape index (κ3) is 5.95. The van der Waals surface area contributed by atoms with Crippen molar-refractivity contribution >= 4 is 27.5 Å². The topological polar surface area (TPSA) is 97.4 Å². The summed E-state index contributed by atoms with van der Waals surface area (Å²) in [6.45, 7) is 1.51. The molecule has 0 unspecified atom stereocenters. The summed E-state index contributed by atoms with van der Waals surface area (Å²) in [5.74, 6) is -3.65. The first-order valence-electron chi connectivity index (χ1n) is 10.8. The number of aromatic nitrogens is 1. The Balaban J connectivity index is 1.48. The summed E-state index contributed by atoms with van der Waals surface area (Å²) in [7, 11) is -4.68. The van der Waals surface area contributed by atoms with Crippen LogP contribution in [-0.2, 0) is 10.0 Å². The van der Waals surface area contributed by atoms with E-state index in [-0.39, 0.29) is 24.0 Å². The molecule has 7 nitrogen and oxygen atoms in total. The molecule has 0 bridgehead atoms. The number of sulfonamides is 1. The Morgan fingerprint density at radius 1 is 1.17 bits per heavy atom. The number of nitrogens with one attached hydrogen (secondary N) is 2. The van der Waals surface area contributed by atoms with Crippen molar-refractivity contribution in [2.45, 2.75) is 17.2 Å². The van der Waals surface area contributed by atoms with E-state index >= 15 is 0 Å². The average Bonchev–Trinajstić information content (AvgIpc) is 2.85. The summed E-state index contributed by atoms with van der Waals surface area (Å²) < 4.78 is 61.8. The molecule has 0 saturated carbocycles. The van der Waals surface area contributed by atoms with Gasteiger partial charge in [-0.1, -0.05) is 23.7 Å². The third-order valence-corrected chi connectivity index (χ3v) is 7.38. The van der Waals surface area contributed by atoms with Crippen LogP contribution < -0.4 is 14.8 Å². The second-order valence-corrected chi connectivity index (χ2v) is 10.2. The van der Waals surface area contributed by atoms with Gasteiger partial charge in [0.05, 0.1) is 12.2 Å². The predicted octanol–water partition coefficient (Wildman–Crippen LogP) is 3.90. The largest absolute Gasteiger partial charge is 0.490 e. The molecule has 0 spiro atoms. The van der Waals surface area contributed by atoms with Gasteiger partial charge in [0, 0.05) is 42.0 Å². The molecule has 1 aromatic heterocycles. The van der Waals surface area contributed by atoms with Crippen molar-refractivity contribution in [2.24, 2.45) is 5.92 Å². The minimum Gasteiger partial charge on any atom is -0.490 e. The second-order valence-electron chi connectivity index (χ2n) is 8.11. The maximum absolute atomic E-state index is 14.7. The SMILES string of the molecule is O=C(NS(=O)(=O)c1cc(F)c(OC[C@H]2CNCC[C@@H]2c2ccc(Cl)cc2)cc1F)c1cccnc1. The van der Waals surface area contributed by atoms with Crippen LogP contribution in [0, 0.1) is 17.6 Å². The van der Waals surface area contributed by atoms with Crippen molar-refractivity contribution in [3.8, 4) is 5.75 Å². The van der Waals surface area contributed by atoms with Crippen molar-refractivity contribution in [3.05, 3.63) is 88.7 Å². The highest BCUT2D eigenvalue weighted by Gasteiger charge is 2.29. The van der Waals surface area contributed by atoms with E-state index in [1.807, 2.05) is 12.1 Å². The van der Waals surface area contributed by atoms with Crippen LogP contribution in [0.15, 0.2) is 65.8 Å². The molecular formula is C24H22ClF2N3O4S. The lowest BCUT2D eigenvalue weighted by molar-refractivity contribution is 0.0981. The van der Waals surface area contributed by atoms with Crippen molar-refractivity contribution in [1.82, 2.24) is 15.0 Å². The molecule has 35 heavy (non-hydrogen) atoms. The average molecular weight is 522 g/mol. The van der Waals surface area contributed by atoms with Gasteiger partial charge in [0.25, 0.3) is 15.9 Å². The number of pyridine rings is 1. The molecule has 2 aromatic carbocycles. The lowest BCUT2D eigenvalue weighted by Crippen LogP contribution is -2.38. The highest BCUT2D eigenvalue weighted by molar-refractivity contribution is 7.90. The second kappa shape index (κ2) is 10.7. The first kappa shape index (κ1) is 25.0. The number of rotatable bonds is 7. The predicted molar refractivity (Wildman–Crippen MR) is 126 cm³/mol. The van der Waals surface area contributed by atoms with Gasteiger partial charge in [-0.3, -0.25) is 9.78 Å². The lowest BCUT2D eigenvalue weighted by Gasteiger charge is -2.32. The number of carbonyl (C=O) groups excluding carboxylic acids is 1. The van der Waals surface area contributed by atoms with Gasteiger partial charge >= 0.3 is 0 Å². The molecule has 3 aromatic rings. The minimum atomic E-state index is -4.68. The van der Waals surface area contributed by atoms with Crippen LogP contribution in [-0.4, -0.2) is 39.0 Å². The number of hydrogen-bond acceptors (Lipinski definition) is 6. The smallest absolute Gasteiger partial charge is 0.267 e. The van der Waals surface area contributed by atoms with E-state index in [1.54, 1.807) is 16.9 Å². The number of hydrogen-bond donors (Lipinski definition) is 2. The fourth-order valence-electron chi connectivity index (χ4n) is 4.00. The summed E-state index contributed by atoms with van der Waals surface area (Å²) in [6.07, 6.45) is 3.39. The summed E-state index contributed by atoms with van der Waals surface area (Å²) in [6, 6.07) is 11.4. The quantitative estimate of drug-likeness (QED) is 0.489. The van der Waals surface area contributed by atoms with Crippen molar-refractivity contribution < 1.29 is 26.7 Å². The zero-order chi connectivity index (χ0) is 25.0. The van der Waals surface area contributed by atoms with Crippen LogP contribution in [0.2, 0.25) is 5.02 Å². The van der Waals surface area contributed by atoms with Gasteiger partial charge in [-0.2, -0.15) is 0 Å². The normalized spacial score (nSPS) is 18.1. The molecule has 2 atom stereocenters. The molecular weight excluding hydrogens is 500 g/mol. The molecule has 1 amide bonds. The van der Waals surface area contributed by atoms with Gasteiger partial charge in [0.15, 0.2) is 11.6 Å². The van der Waals surface area contributed by atoms with Crippen molar-refractivity contribution in [1.29, 1.82) is 0 Å². The van der Waals surface area contributed by atoms with E-state index in [0.29, 0.717) is 23.7 Å². The molecule has 0 aliphatic carbocycles. The van der Waals surface area contributed by atoms with Crippen LogP contribution in [0.4, 0.5) is 8.78 Å². The standard InChI is InChI=1S/C24H22ClF2N3O4S/c25-18-5-3-15(4-6-18)19-7-9-29-13-17(19)14-34-22-10-21(27)23(11-20(22)26)35(32,33)30-24(31)16-2-1-8-28-12-16/h1-6,8,10-12,17,19,29H,7,9,13-14H2,(H,30,31)/t17-,19-/m1/s1. The highest BCUT2D eigenvalue weighted by atomic mass is 35.5. The molecule has 2 N–H and O–H groups in total. The zero-order valence-corrected chi connectivity index (χ0v) is 20.0. The Morgan fingerprint density at radius 3 is 2.66 bits per heavy atom. The van der Waals surface area contributed by atoms with Gasteiger partial charge < -0.3 is 10.1 Å². The number of piperidine rings is 1. The van der Waals surface area contributed by atoms with Gasteiger partial charge in [0.2, 0.25) is 0 Å². The molecule has 4 rings (SSSR count). The summed E-state index contributed by atoms with van der Waals surface area (Å²) in [5.41, 5.74) is 1.02. The van der Waals surface area contributed by atoms with E-state index < -0.39 is 38.2 Å². The van der Waals surface area contributed by atoms with Crippen LogP contribution in [0.3, 0.4) is 0 Å². The van der Waals surface area contributed by atoms with Gasteiger partial charge in [-0.05, 0) is 48.7 Å². The Kier molecular flexibility index (Phi) is 7.63. The Labute approximate surface area is 206 Å². The summed E-state index contributed by atoms with van der Waals surface area (Å²) in [4.78, 5) is 14.9. The molecule has 1 aliphatic heterocycles. The number of benzene rings is 2. The van der Waals surface area contributed by atoms with Gasteiger partial charge in [-0.15, -0.1) is 0 Å². The maximum Gasteiger partial charge on any atom is 0.267 e. The first-order chi connectivity index (χ1) is 16.7. The number of nitrogens with zero attached hydrogens (tertiary/aromatic N) is 1. The molecule has 11 heteroatoms. The van der Waals surface area contributed by atoms with Gasteiger partial charge in [0.1, 0.15) is 10.7 Å². The molecule has 2 heterocycles. The molecule has 0 radical (unpaired) electrons. The van der Waals surface area contributed by atoms with Crippen LogP contribution in [0.1, 0.15) is 28.3 Å². The number of carbonyl (C=O) groups is 1. The molecule has 1 aliphatic rings. The number of ether oxygens (including phenoxy) is 1.